The van der Waals surface area contributed by atoms with Gasteiger partial charge in [-0.2, -0.15) is 0 Å². The van der Waals surface area contributed by atoms with E-state index in [1.807, 2.05) is 19.9 Å². The first kappa shape index (κ1) is 38.2. The number of Topliss-reactive ketones (excluding diaryl/α,β-unsaturated/α-hetero) is 4. The van der Waals surface area contributed by atoms with E-state index in [2.05, 4.69) is 39.0 Å². The van der Waals surface area contributed by atoms with Gasteiger partial charge in [-0.3, -0.25) is 19.2 Å². The average molecular weight is 699 g/mol. The van der Waals surface area contributed by atoms with Gasteiger partial charge in [0.1, 0.15) is 28.6 Å². The smallest absolute Gasteiger partial charge is 0.203 e. The van der Waals surface area contributed by atoms with Crippen LogP contribution in [-0.2, 0) is 38.4 Å². The summed E-state index contributed by atoms with van der Waals surface area (Å²) in [5.41, 5.74) is -1.47. The van der Waals surface area contributed by atoms with E-state index in [9.17, 15) is 39.6 Å². The molecule has 4 N–H and O–H groups in total. The Bertz CT molecular complexity index is 1880. The normalized spacial score (nSPS) is 26.7. The number of hydrogen-bond donors (Lipinski definition) is 4. The van der Waals surface area contributed by atoms with E-state index >= 15 is 0 Å². The van der Waals surface area contributed by atoms with Crippen LogP contribution in [-0.4, -0.2) is 49.2 Å². The molecule has 2 aromatic rings. The number of ketones is 4. The van der Waals surface area contributed by atoms with Gasteiger partial charge in [0.15, 0.2) is 17.2 Å². The molecular weight excluding hydrogens is 644 g/mol. The number of benzene rings is 2. The standard InChI is InChI=1S/C43H54O8/c1-10-12-31(45)27(22(3)4)16-14-25-13-15-26(11-2)29(19-25)28-17-18-32(46)34-30(28)20-41(8)21-42(9)35(23(5)6)37(47)33(24(7)44)39(49)43(42,51)40(50)36(41)38(34)48/h13,15,17-19,22-23,27,35,46,48-49,51H,10-12,14,16,20-21H2,1-9H3/t27?,35?,41-,42-,43+/m1/s1. The zero-order valence-corrected chi connectivity index (χ0v) is 31.6. The second-order valence-electron chi connectivity index (χ2n) is 16.4. The molecule has 3 aliphatic carbocycles. The predicted octanol–water partition coefficient (Wildman–Crippen LogP) is 7.99. The summed E-state index contributed by atoms with van der Waals surface area (Å²) in [5, 5.41) is 47.1. The lowest BCUT2D eigenvalue weighted by Crippen LogP contribution is -2.69. The van der Waals surface area contributed by atoms with Gasteiger partial charge in [-0.25, -0.2) is 0 Å². The number of phenolic OH excluding ortho intramolecular Hbond substituents is 1. The van der Waals surface area contributed by atoms with E-state index in [0.717, 1.165) is 42.0 Å². The van der Waals surface area contributed by atoms with Crippen molar-refractivity contribution in [2.45, 2.75) is 113 Å². The van der Waals surface area contributed by atoms with Crippen molar-refractivity contribution >= 4 is 28.9 Å². The average Bonchev–Trinajstić information content (AvgIpc) is 3.02. The number of rotatable bonds is 11. The Labute approximate surface area is 301 Å². The molecule has 0 bridgehead atoms. The number of aromatic hydroxyl groups is 1. The minimum Gasteiger partial charge on any atom is -0.508 e. The van der Waals surface area contributed by atoms with Crippen LogP contribution in [0.5, 0.6) is 5.75 Å². The fourth-order valence-corrected chi connectivity index (χ4v) is 9.93. The topological polar surface area (TPSA) is 149 Å². The van der Waals surface area contributed by atoms with E-state index in [0.29, 0.717) is 30.6 Å². The number of carbonyl (C=O) groups is 4. The van der Waals surface area contributed by atoms with Crippen LogP contribution in [0.1, 0.15) is 110 Å². The van der Waals surface area contributed by atoms with Crippen LogP contribution in [0.25, 0.3) is 16.9 Å². The molecule has 51 heavy (non-hydrogen) atoms. The minimum atomic E-state index is -2.65. The second-order valence-corrected chi connectivity index (χ2v) is 16.4. The van der Waals surface area contributed by atoms with Crippen molar-refractivity contribution < 1.29 is 39.6 Å². The monoisotopic (exact) mass is 698 g/mol. The summed E-state index contributed by atoms with van der Waals surface area (Å²) in [6.45, 7) is 16.4. The Morgan fingerprint density at radius 3 is 2.20 bits per heavy atom. The van der Waals surface area contributed by atoms with Crippen LogP contribution in [0.4, 0.5) is 0 Å². The van der Waals surface area contributed by atoms with Crippen LogP contribution in [0, 0.1) is 34.5 Å². The Morgan fingerprint density at radius 1 is 0.961 bits per heavy atom. The number of aryl methyl sites for hydroxylation is 2. The van der Waals surface area contributed by atoms with Gasteiger partial charge in [-0.1, -0.05) is 79.7 Å². The lowest BCUT2D eigenvalue weighted by molar-refractivity contribution is -0.178. The van der Waals surface area contributed by atoms with Gasteiger partial charge < -0.3 is 20.4 Å². The van der Waals surface area contributed by atoms with Crippen molar-refractivity contribution in [1.29, 1.82) is 0 Å². The molecule has 0 heterocycles. The summed E-state index contributed by atoms with van der Waals surface area (Å²) in [4.78, 5) is 54.1. The lowest BCUT2D eigenvalue weighted by atomic mass is 9.43. The quantitative estimate of drug-likeness (QED) is 0.173. The van der Waals surface area contributed by atoms with Gasteiger partial charge in [0.25, 0.3) is 0 Å². The van der Waals surface area contributed by atoms with Crippen LogP contribution >= 0.6 is 0 Å². The molecule has 8 heteroatoms. The first-order valence-electron chi connectivity index (χ1n) is 18.5. The summed E-state index contributed by atoms with van der Waals surface area (Å²) >= 11 is 0. The number of hydrogen-bond acceptors (Lipinski definition) is 8. The number of allylic oxidation sites excluding steroid dienone is 1. The van der Waals surface area contributed by atoms with Gasteiger partial charge in [0.05, 0.1) is 5.56 Å². The number of fused-ring (bicyclic) bond motifs is 3. The number of aliphatic hydroxyl groups excluding tert-OH is 2. The van der Waals surface area contributed by atoms with Gasteiger partial charge in [0.2, 0.25) is 5.78 Å². The summed E-state index contributed by atoms with van der Waals surface area (Å²) in [6, 6.07) is 9.62. The highest BCUT2D eigenvalue weighted by Crippen LogP contribution is 2.65. The third-order valence-corrected chi connectivity index (χ3v) is 12.2. The van der Waals surface area contributed by atoms with Gasteiger partial charge in [0, 0.05) is 34.7 Å². The fraction of sp³-hybridized carbons (Fsp3) is 0.535. The van der Waals surface area contributed by atoms with E-state index in [1.165, 1.54) is 6.07 Å². The van der Waals surface area contributed by atoms with Crippen molar-refractivity contribution in [2.24, 2.45) is 34.5 Å². The van der Waals surface area contributed by atoms with Crippen molar-refractivity contribution in [1.82, 2.24) is 0 Å². The van der Waals surface area contributed by atoms with E-state index in [4.69, 9.17) is 0 Å². The SMILES string of the molecule is CCCC(=O)C(CCc1ccc(CC)c(-c2ccc(O)c3c2C[C@]2(C)C[C@]4(C)C(C(C)C)C(=O)C(C(C)=O)=C(O)[C@]4(O)C(=O)C2=C3O)c1)C(C)C. The number of phenols is 1. The molecule has 1 fully saturated rings. The molecule has 8 nitrogen and oxygen atoms in total. The summed E-state index contributed by atoms with van der Waals surface area (Å²) in [6.07, 6.45) is 3.76. The van der Waals surface area contributed by atoms with Crippen LogP contribution in [0.3, 0.4) is 0 Å². The highest BCUT2D eigenvalue weighted by Gasteiger charge is 2.72. The third-order valence-electron chi connectivity index (χ3n) is 12.2. The molecule has 2 aromatic carbocycles. The Kier molecular flexibility index (Phi) is 10.1. The number of aliphatic hydroxyl groups is 3. The second kappa shape index (κ2) is 13.5. The highest BCUT2D eigenvalue weighted by molar-refractivity contribution is 6.24. The van der Waals surface area contributed by atoms with Crippen molar-refractivity contribution in [3.63, 3.8) is 0 Å². The van der Waals surface area contributed by atoms with Gasteiger partial charge in [-0.05, 0) is 91.2 Å². The molecular formula is C43H54O8. The largest absolute Gasteiger partial charge is 0.508 e. The lowest BCUT2D eigenvalue weighted by Gasteiger charge is -2.59. The first-order valence-corrected chi connectivity index (χ1v) is 18.5. The molecule has 274 valence electrons. The zero-order valence-electron chi connectivity index (χ0n) is 31.6. The molecule has 2 unspecified atom stereocenters. The molecule has 5 rings (SSSR count). The summed E-state index contributed by atoms with van der Waals surface area (Å²) in [5.74, 6) is -4.93. The van der Waals surface area contributed by atoms with E-state index in [1.54, 1.807) is 20.8 Å². The van der Waals surface area contributed by atoms with E-state index in [-0.39, 0.29) is 41.6 Å². The summed E-state index contributed by atoms with van der Waals surface area (Å²) in [7, 11) is 0. The Balaban J connectivity index is 1.69. The van der Waals surface area contributed by atoms with Crippen LogP contribution < -0.4 is 0 Å². The van der Waals surface area contributed by atoms with Crippen molar-refractivity contribution in [3.8, 4) is 16.9 Å². The molecule has 3 aliphatic rings. The fourth-order valence-electron chi connectivity index (χ4n) is 9.93. The Hall–Kier alpha value is -4.04. The Morgan fingerprint density at radius 2 is 1.63 bits per heavy atom. The minimum absolute atomic E-state index is 0.0308. The zero-order chi connectivity index (χ0) is 38.0. The number of carbonyl (C=O) groups excluding carboxylic acids is 4. The highest BCUT2D eigenvalue weighted by atomic mass is 16.3. The molecule has 5 atom stereocenters. The van der Waals surface area contributed by atoms with Crippen molar-refractivity contribution in [3.05, 3.63) is 69.5 Å². The molecule has 0 amide bonds. The summed E-state index contributed by atoms with van der Waals surface area (Å²) < 4.78 is 0. The molecule has 1 saturated carbocycles. The van der Waals surface area contributed by atoms with Gasteiger partial charge >= 0.3 is 0 Å². The van der Waals surface area contributed by atoms with E-state index < -0.39 is 62.7 Å². The first-order chi connectivity index (χ1) is 23.8. The molecule has 0 aliphatic heterocycles. The molecule has 0 radical (unpaired) electrons. The van der Waals surface area contributed by atoms with Crippen LogP contribution in [0.15, 0.2) is 47.2 Å². The maximum atomic E-state index is 14.7. The molecule has 0 spiro atoms. The maximum Gasteiger partial charge on any atom is 0.203 e. The molecule has 0 saturated heterocycles. The molecule has 0 aromatic heterocycles. The van der Waals surface area contributed by atoms with Crippen LogP contribution in [0.2, 0.25) is 0 Å². The van der Waals surface area contributed by atoms with Gasteiger partial charge in [-0.15, -0.1) is 0 Å². The van der Waals surface area contributed by atoms with Crippen molar-refractivity contribution in [2.75, 3.05) is 0 Å². The predicted molar refractivity (Wildman–Crippen MR) is 197 cm³/mol. The third kappa shape index (κ3) is 5.78. The maximum absolute atomic E-state index is 14.7.